The summed E-state index contributed by atoms with van der Waals surface area (Å²) in [6, 6.07) is 12.5. The van der Waals surface area contributed by atoms with Gasteiger partial charge in [0.05, 0.1) is 18.7 Å². The average Bonchev–Trinajstić information content (AvgIpc) is 2.95. The summed E-state index contributed by atoms with van der Waals surface area (Å²) in [4.78, 5) is 25.4. The van der Waals surface area contributed by atoms with Gasteiger partial charge in [-0.25, -0.2) is 9.18 Å². The lowest BCUT2D eigenvalue weighted by Crippen LogP contribution is -2.35. The van der Waals surface area contributed by atoms with E-state index in [1.54, 1.807) is 30.3 Å². The Morgan fingerprint density at radius 3 is 2.67 bits per heavy atom. The zero-order valence-corrected chi connectivity index (χ0v) is 13.3. The molecular weight excluding hydrogens is 335 g/mol. The molecule has 0 aromatic heterocycles. The number of ether oxygens (including phenoxy) is 1. The molecule has 124 valence electrons. The third kappa shape index (κ3) is 3.49. The molecule has 0 saturated carbocycles. The Morgan fingerprint density at radius 2 is 1.96 bits per heavy atom. The lowest BCUT2D eigenvalue weighted by Gasteiger charge is -2.13. The van der Waals surface area contributed by atoms with Crippen molar-refractivity contribution in [2.45, 2.75) is 6.10 Å². The second kappa shape index (κ2) is 6.88. The van der Waals surface area contributed by atoms with Crippen molar-refractivity contribution in [3.8, 4) is 0 Å². The number of hydrogen-bond donors (Lipinski definition) is 1. The minimum atomic E-state index is -0.596. The number of cyclic esters (lactones) is 1. The highest BCUT2D eigenvalue weighted by Crippen LogP contribution is 2.23. The van der Waals surface area contributed by atoms with Gasteiger partial charge in [-0.15, -0.1) is 0 Å². The van der Waals surface area contributed by atoms with Crippen molar-refractivity contribution in [1.82, 2.24) is 5.32 Å². The van der Waals surface area contributed by atoms with Crippen molar-refractivity contribution in [2.24, 2.45) is 0 Å². The van der Waals surface area contributed by atoms with Crippen LogP contribution in [0.3, 0.4) is 0 Å². The van der Waals surface area contributed by atoms with Crippen molar-refractivity contribution in [2.75, 3.05) is 18.0 Å². The van der Waals surface area contributed by atoms with E-state index in [9.17, 15) is 14.0 Å². The van der Waals surface area contributed by atoms with E-state index in [4.69, 9.17) is 16.3 Å². The highest BCUT2D eigenvalue weighted by atomic mass is 35.5. The molecule has 1 saturated heterocycles. The van der Waals surface area contributed by atoms with Gasteiger partial charge in [-0.05, 0) is 36.4 Å². The molecule has 2 amide bonds. The minimum absolute atomic E-state index is 0.0450. The second-order valence-electron chi connectivity index (χ2n) is 5.28. The van der Waals surface area contributed by atoms with Gasteiger partial charge in [0.2, 0.25) is 0 Å². The van der Waals surface area contributed by atoms with E-state index in [0.29, 0.717) is 10.7 Å². The zero-order valence-electron chi connectivity index (χ0n) is 12.5. The van der Waals surface area contributed by atoms with Crippen LogP contribution in [0.1, 0.15) is 10.4 Å². The number of anilines is 1. The minimum Gasteiger partial charge on any atom is -0.442 e. The van der Waals surface area contributed by atoms with Gasteiger partial charge < -0.3 is 10.1 Å². The molecule has 2 aromatic rings. The number of benzene rings is 2. The summed E-state index contributed by atoms with van der Waals surface area (Å²) >= 11 is 5.83. The SMILES string of the molecule is O=C(NCC1CN(c2ccc(Cl)cc2)C(=O)O1)c1ccccc1F. The highest BCUT2D eigenvalue weighted by Gasteiger charge is 2.32. The first-order valence-corrected chi connectivity index (χ1v) is 7.69. The van der Waals surface area contributed by atoms with Crippen LogP contribution in [0.15, 0.2) is 48.5 Å². The maximum Gasteiger partial charge on any atom is 0.414 e. The highest BCUT2D eigenvalue weighted by molar-refractivity contribution is 6.30. The van der Waals surface area contributed by atoms with Crippen LogP contribution in [-0.4, -0.2) is 31.2 Å². The molecule has 1 unspecified atom stereocenters. The first-order valence-electron chi connectivity index (χ1n) is 7.31. The van der Waals surface area contributed by atoms with Gasteiger partial charge >= 0.3 is 6.09 Å². The Kier molecular flexibility index (Phi) is 4.66. The number of amides is 2. The van der Waals surface area contributed by atoms with Crippen LogP contribution in [0.2, 0.25) is 5.02 Å². The summed E-state index contributed by atoms with van der Waals surface area (Å²) in [6.07, 6.45) is -1.01. The molecule has 7 heteroatoms. The molecule has 0 radical (unpaired) electrons. The van der Waals surface area contributed by atoms with Crippen LogP contribution in [-0.2, 0) is 4.74 Å². The topological polar surface area (TPSA) is 58.6 Å². The summed E-state index contributed by atoms with van der Waals surface area (Å²) < 4.78 is 18.8. The monoisotopic (exact) mass is 348 g/mol. The van der Waals surface area contributed by atoms with Gasteiger partial charge in [-0.1, -0.05) is 23.7 Å². The lowest BCUT2D eigenvalue weighted by molar-refractivity contribution is 0.0912. The normalized spacial score (nSPS) is 16.8. The lowest BCUT2D eigenvalue weighted by atomic mass is 10.2. The predicted octanol–water partition coefficient (Wildman–Crippen LogP) is 3.23. The van der Waals surface area contributed by atoms with Gasteiger partial charge in [0.1, 0.15) is 11.9 Å². The van der Waals surface area contributed by atoms with Crippen molar-refractivity contribution >= 4 is 29.3 Å². The third-order valence-corrected chi connectivity index (χ3v) is 3.87. The molecule has 1 aliphatic rings. The van der Waals surface area contributed by atoms with Gasteiger partial charge in [0, 0.05) is 10.7 Å². The Labute approximate surface area is 143 Å². The van der Waals surface area contributed by atoms with Crippen LogP contribution < -0.4 is 10.2 Å². The standard InChI is InChI=1S/C17H14ClFN2O3/c18-11-5-7-12(8-6-11)21-10-13(24-17(21)23)9-20-16(22)14-3-1-2-4-15(14)19/h1-8,13H,9-10H2,(H,20,22). The molecular formula is C17H14ClFN2O3. The number of carbonyl (C=O) groups excluding carboxylic acids is 2. The van der Waals surface area contributed by atoms with Crippen LogP contribution in [0.5, 0.6) is 0 Å². The molecule has 1 heterocycles. The van der Waals surface area contributed by atoms with Gasteiger partial charge in [-0.2, -0.15) is 0 Å². The first kappa shape index (κ1) is 16.3. The summed E-state index contributed by atoms with van der Waals surface area (Å²) in [7, 11) is 0. The maximum atomic E-state index is 13.6. The van der Waals surface area contributed by atoms with E-state index in [0.717, 1.165) is 0 Å². The van der Waals surface area contributed by atoms with Crippen LogP contribution in [0.4, 0.5) is 14.9 Å². The number of halogens is 2. The van der Waals surface area contributed by atoms with Gasteiger partial charge in [0.25, 0.3) is 5.91 Å². The number of nitrogens with one attached hydrogen (secondary N) is 1. The van der Waals surface area contributed by atoms with E-state index in [1.807, 2.05) is 0 Å². The van der Waals surface area contributed by atoms with Crippen LogP contribution in [0.25, 0.3) is 0 Å². The third-order valence-electron chi connectivity index (χ3n) is 3.62. The molecule has 5 nitrogen and oxygen atoms in total. The molecule has 0 aliphatic carbocycles. The van der Waals surface area contributed by atoms with Crippen molar-refractivity contribution in [3.05, 3.63) is 64.9 Å². The van der Waals surface area contributed by atoms with Crippen LogP contribution >= 0.6 is 11.6 Å². The number of hydrogen-bond acceptors (Lipinski definition) is 3. The molecule has 1 N–H and O–H groups in total. The summed E-state index contributed by atoms with van der Waals surface area (Å²) in [5.74, 6) is -1.14. The van der Waals surface area contributed by atoms with Crippen molar-refractivity contribution < 1.29 is 18.7 Å². The van der Waals surface area contributed by atoms with Crippen molar-refractivity contribution in [3.63, 3.8) is 0 Å². The summed E-state index contributed by atoms with van der Waals surface area (Å²) in [5, 5.41) is 3.15. The van der Waals surface area contributed by atoms with E-state index in [2.05, 4.69) is 5.32 Å². The smallest absolute Gasteiger partial charge is 0.414 e. The fourth-order valence-corrected chi connectivity index (χ4v) is 2.53. The second-order valence-corrected chi connectivity index (χ2v) is 5.72. The zero-order chi connectivity index (χ0) is 17.1. The fraction of sp³-hybridized carbons (Fsp3) is 0.176. The molecule has 1 atom stereocenters. The number of rotatable bonds is 4. The van der Waals surface area contributed by atoms with E-state index >= 15 is 0 Å². The molecule has 0 bridgehead atoms. The van der Waals surface area contributed by atoms with Gasteiger partial charge in [0.15, 0.2) is 0 Å². The predicted molar refractivity (Wildman–Crippen MR) is 87.8 cm³/mol. The molecule has 0 spiro atoms. The Morgan fingerprint density at radius 1 is 1.25 bits per heavy atom. The van der Waals surface area contributed by atoms with Crippen molar-refractivity contribution in [1.29, 1.82) is 0 Å². The Balaban J connectivity index is 1.59. The Hall–Kier alpha value is -2.60. The van der Waals surface area contributed by atoms with Gasteiger partial charge in [-0.3, -0.25) is 9.69 Å². The number of carbonyl (C=O) groups is 2. The van der Waals surface area contributed by atoms with Crippen LogP contribution in [0, 0.1) is 5.82 Å². The summed E-state index contributed by atoms with van der Waals surface area (Å²) in [5.41, 5.74) is 0.615. The Bertz CT molecular complexity index is 767. The molecule has 24 heavy (non-hydrogen) atoms. The first-order chi connectivity index (χ1) is 11.5. The average molecular weight is 349 g/mol. The molecule has 3 rings (SSSR count). The van der Waals surface area contributed by atoms with E-state index in [1.165, 1.54) is 23.1 Å². The fourth-order valence-electron chi connectivity index (χ4n) is 2.41. The maximum absolute atomic E-state index is 13.6. The number of nitrogens with zero attached hydrogens (tertiary/aromatic N) is 1. The molecule has 1 aliphatic heterocycles. The largest absolute Gasteiger partial charge is 0.442 e. The summed E-state index contributed by atoms with van der Waals surface area (Å²) in [6.45, 7) is 0.390. The van der Waals surface area contributed by atoms with E-state index in [-0.39, 0.29) is 18.7 Å². The quantitative estimate of drug-likeness (QED) is 0.922. The molecule has 1 fully saturated rings. The van der Waals surface area contributed by atoms with E-state index < -0.39 is 23.9 Å². The molecule has 2 aromatic carbocycles.